The highest BCUT2D eigenvalue weighted by molar-refractivity contribution is 7.16. The van der Waals surface area contributed by atoms with Gasteiger partial charge >= 0.3 is 6.03 Å². The van der Waals surface area contributed by atoms with Crippen molar-refractivity contribution >= 4 is 61.4 Å². The van der Waals surface area contributed by atoms with Crippen LogP contribution in [0.1, 0.15) is 12.1 Å². The predicted molar refractivity (Wildman–Crippen MR) is 136 cm³/mol. The fraction of sp³-hybridized carbons (Fsp3) is 0.120. The van der Waals surface area contributed by atoms with Crippen molar-refractivity contribution in [3.8, 4) is 0 Å². The monoisotopic (exact) mass is 467 g/mol. The number of rotatable bonds is 4. The Morgan fingerprint density at radius 2 is 1.94 bits per heavy atom. The summed E-state index contributed by atoms with van der Waals surface area (Å²) in [6.07, 6.45) is 4.41. The number of thiazole rings is 1. The highest BCUT2D eigenvalue weighted by atomic mass is 32.1. The SMILES string of the molecule is O=C(Nc1ccccc1)N1CC=C(c2cc3c(Nc4ccc5ncsc5c4)ncnc3[nH]2)CC1. The van der Waals surface area contributed by atoms with Crippen LogP contribution in [-0.4, -0.2) is 44.0 Å². The number of amides is 2. The molecule has 168 valence electrons. The third kappa shape index (κ3) is 3.97. The Kier molecular flexibility index (Phi) is 5.15. The number of carbonyl (C=O) groups is 1. The maximum absolute atomic E-state index is 12.6. The summed E-state index contributed by atoms with van der Waals surface area (Å²) in [6.45, 7) is 1.19. The van der Waals surface area contributed by atoms with Crippen LogP contribution < -0.4 is 10.6 Å². The smallest absolute Gasteiger partial charge is 0.322 e. The second kappa shape index (κ2) is 8.60. The minimum atomic E-state index is -0.0894. The Hall–Kier alpha value is -4.24. The average molecular weight is 468 g/mol. The van der Waals surface area contributed by atoms with Crippen LogP contribution in [0.4, 0.5) is 22.0 Å². The van der Waals surface area contributed by atoms with Crippen LogP contribution in [0.5, 0.6) is 0 Å². The zero-order chi connectivity index (χ0) is 22.9. The third-order valence-corrected chi connectivity index (χ3v) is 6.68. The van der Waals surface area contributed by atoms with E-state index >= 15 is 0 Å². The van der Waals surface area contributed by atoms with Gasteiger partial charge in [-0.15, -0.1) is 11.3 Å². The van der Waals surface area contributed by atoms with Crippen molar-refractivity contribution < 1.29 is 4.79 Å². The number of nitrogens with one attached hydrogen (secondary N) is 3. The Morgan fingerprint density at radius 1 is 1.03 bits per heavy atom. The van der Waals surface area contributed by atoms with E-state index in [1.54, 1.807) is 17.7 Å². The number of aromatic amines is 1. The van der Waals surface area contributed by atoms with Crippen molar-refractivity contribution in [2.75, 3.05) is 23.7 Å². The molecule has 3 aromatic heterocycles. The van der Waals surface area contributed by atoms with Crippen molar-refractivity contribution in [1.29, 1.82) is 0 Å². The number of anilines is 3. The van der Waals surface area contributed by atoms with Gasteiger partial charge in [-0.1, -0.05) is 24.3 Å². The minimum absolute atomic E-state index is 0.0894. The zero-order valence-electron chi connectivity index (χ0n) is 18.2. The first-order chi connectivity index (χ1) is 16.7. The first-order valence-electron chi connectivity index (χ1n) is 11.0. The predicted octanol–water partition coefficient (Wildman–Crippen LogP) is 5.63. The Bertz CT molecular complexity index is 1520. The molecule has 2 amide bonds. The molecule has 0 saturated carbocycles. The second-order valence-corrected chi connectivity index (χ2v) is 8.94. The van der Waals surface area contributed by atoms with E-state index in [2.05, 4.69) is 48.8 Å². The summed E-state index contributed by atoms with van der Waals surface area (Å²) in [5.74, 6) is 0.747. The van der Waals surface area contributed by atoms with Gasteiger partial charge in [-0.05, 0) is 48.4 Å². The molecule has 1 aliphatic heterocycles. The molecule has 0 radical (unpaired) electrons. The number of benzene rings is 2. The van der Waals surface area contributed by atoms with E-state index in [9.17, 15) is 4.79 Å². The first kappa shape index (κ1) is 20.4. The van der Waals surface area contributed by atoms with Crippen molar-refractivity contribution in [2.24, 2.45) is 0 Å². The van der Waals surface area contributed by atoms with Gasteiger partial charge in [0.15, 0.2) is 0 Å². The summed E-state index contributed by atoms with van der Waals surface area (Å²) in [5.41, 5.74) is 7.53. The van der Waals surface area contributed by atoms with Crippen molar-refractivity contribution in [2.45, 2.75) is 6.42 Å². The van der Waals surface area contributed by atoms with Gasteiger partial charge in [-0.2, -0.15) is 0 Å². The van der Waals surface area contributed by atoms with E-state index in [1.807, 2.05) is 52.9 Å². The lowest BCUT2D eigenvalue weighted by molar-refractivity contribution is 0.217. The van der Waals surface area contributed by atoms with Crippen LogP contribution in [0.25, 0.3) is 26.8 Å². The van der Waals surface area contributed by atoms with Crippen LogP contribution in [0.3, 0.4) is 0 Å². The molecule has 3 N–H and O–H groups in total. The van der Waals surface area contributed by atoms with E-state index in [0.717, 1.165) is 50.6 Å². The Labute approximate surface area is 199 Å². The van der Waals surface area contributed by atoms with Gasteiger partial charge in [-0.3, -0.25) is 0 Å². The fourth-order valence-electron chi connectivity index (χ4n) is 4.10. The molecule has 5 aromatic rings. The van der Waals surface area contributed by atoms with E-state index in [0.29, 0.717) is 13.1 Å². The maximum Gasteiger partial charge on any atom is 0.322 e. The molecule has 0 saturated heterocycles. The molecule has 9 heteroatoms. The van der Waals surface area contributed by atoms with Crippen LogP contribution in [0, 0.1) is 0 Å². The van der Waals surface area contributed by atoms with Gasteiger partial charge in [0.25, 0.3) is 0 Å². The largest absolute Gasteiger partial charge is 0.340 e. The number of aromatic nitrogens is 4. The number of hydrogen-bond donors (Lipinski definition) is 3. The topological polar surface area (TPSA) is 98.8 Å². The van der Waals surface area contributed by atoms with Gasteiger partial charge in [0, 0.05) is 30.2 Å². The number of hydrogen-bond acceptors (Lipinski definition) is 6. The minimum Gasteiger partial charge on any atom is -0.340 e. The highest BCUT2D eigenvalue weighted by Gasteiger charge is 2.20. The van der Waals surface area contributed by atoms with Crippen LogP contribution in [-0.2, 0) is 0 Å². The van der Waals surface area contributed by atoms with E-state index in [-0.39, 0.29) is 6.03 Å². The third-order valence-electron chi connectivity index (χ3n) is 5.89. The number of nitrogens with zero attached hydrogens (tertiary/aromatic N) is 4. The molecule has 6 rings (SSSR count). The normalized spacial score (nSPS) is 13.8. The highest BCUT2D eigenvalue weighted by Crippen LogP contribution is 2.30. The lowest BCUT2D eigenvalue weighted by Crippen LogP contribution is -2.37. The Morgan fingerprint density at radius 3 is 2.79 bits per heavy atom. The van der Waals surface area contributed by atoms with E-state index in [4.69, 9.17) is 0 Å². The van der Waals surface area contributed by atoms with Gasteiger partial charge in [0.1, 0.15) is 17.8 Å². The molecular formula is C25H21N7OS. The summed E-state index contributed by atoms with van der Waals surface area (Å²) < 4.78 is 1.12. The average Bonchev–Trinajstić information content (AvgIpc) is 3.52. The quantitative estimate of drug-likeness (QED) is 0.318. The molecule has 0 unspecified atom stereocenters. The molecule has 0 fully saturated rings. The second-order valence-electron chi connectivity index (χ2n) is 8.05. The van der Waals surface area contributed by atoms with E-state index in [1.165, 1.54) is 5.57 Å². The summed E-state index contributed by atoms with van der Waals surface area (Å²) in [6, 6.07) is 17.6. The number of urea groups is 1. The molecule has 0 atom stereocenters. The number of carbonyl (C=O) groups excluding carboxylic acids is 1. The Balaban J connectivity index is 1.20. The molecule has 0 spiro atoms. The molecule has 4 heterocycles. The first-order valence-corrected chi connectivity index (χ1v) is 11.9. The molecule has 1 aliphatic rings. The van der Waals surface area contributed by atoms with Crippen molar-refractivity contribution in [3.05, 3.63) is 78.2 Å². The summed E-state index contributed by atoms with van der Waals surface area (Å²) in [7, 11) is 0. The summed E-state index contributed by atoms with van der Waals surface area (Å²) in [4.78, 5) is 31.0. The van der Waals surface area contributed by atoms with E-state index < -0.39 is 0 Å². The molecule has 34 heavy (non-hydrogen) atoms. The van der Waals surface area contributed by atoms with Gasteiger partial charge < -0.3 is 20.5 Å². The van der Waals surface area contributed by atoms with Crippen LogP contribution in [0.15, 0.2) is 72.5 Å². The molecule has 0 bridgehead atoms. The molecular weight excluding hydrogens is 446 g/mol. The van der Waals surface area contributed by atoms with Gasteiger partial charge in [0.2, 0.25) is 0 Å². The number of H-pyrrole nitrogens is 1. The standard InChI is InChI=1S/C25H21N7OS/c33-25(30-17-4-2-1-3-5-17)32-10-8-16(9-11-32)21-13-19-23(26-14-27-24(19)31-21)29-18-6-7-20-22(12-18)34-15-28-20/h1-8,12-15H,9-11H2,(H,30,33)(H2,26,27,29,31). The summed E-state index contributed by atoms with van der Waals surface area (Å²) in [5, 5.41) is 7.29. The summed E-state index contributed by atoms with van der Waals surface area (Å²) >= 11 is 1.61. The molecule has 8 nitrogen and oxygen atoms in total. The number of para-hydroxylation sites is 1. The van der Waals surface area contributed by atoms with Gasteiger partial charge in [0.05, 0.1) is 21.1 Å². The van der Waals surface area contributed by atoms with Gasteiger partial charge in [-0.25, -0.2) is 19.7 Å². The fourth-order valence-corrected chi connectivity index (χ4v) is 4.82. The molecule has 0 aliphatic carbocycles. The zero-order valence-corrected chi connectivity index (χ0v) is 19.0. The lowest BCUT2D eigenvalue weighted by Gasteiger charge is -2.26. The van der Waals surface area contributed by atoms with Crippen molar-refractivity contribution in [3.63, 3.8) is 0 Å². The van der Waals surface area contributed by atoms with Crippen LogP contribution in [0.2, 0.25) is 0 Å². The lowest BCUT2D eigenvalue weighted by atomic mass is 10.1. The number of fused-ring (bicyclic) bond motifs is 2. The molecule has 2 aromatic carbocycles. The maximum atomic E-state index is 12.6. The van der Waals surface area contributed by atoms with Crippen LogP contribution >= 0.6 is 11.3 Å². The van der Waals surface area contributed by atoms with Crippen molar-refractivity contribution in [1.82, 2.24) is 24.8 Å².